The van der Waals surface area contributed by atoms with Crippen molar-refractivity contribution in [3.63, 3.8) is 0 Å². The Labute approximate surface area is 177 Å². The molecule has 0 N–H and O–H groups in total. The van der Waals surface area contributed by atoms with E-state index in [4.69, 9.17) is 9.72 Å². The van der Waals surface area contributed by atoms with Gasteiger partial charge in [0.1, 0.15) is 35.2 Å². The van der Waals surface area contributed by atoms with E-state index >= 15 is 0 Å². The van der Waals surface area contributed by atoms with Crippen molar-refractivity contribution in [3.8, 4) is 35.2 Å². The number of hydrogen-bond acceptors (Lipinski definition) is 6. The van der Waals surface area contributed by atoms with E-state index in [9.17, 15) is 15.8 Å². The molecule has 0 spiro atoms. The molecule has 1 aromatic heterocycles. The molecule has 1 fully saturated rings. The van der Waals surface area contributed by atoms with Crippen molar-refractivity contribution < 1.29 is 4.74 Å². The highest BCUT2D eigenvalue weighted by molar-refractivity contribution is 5.88. The quantitative estimate of drug-likeness (QED) is 0.679. The van der Waals surface area contributed by atoms with Crippen LogP contribution in [0.2, 0.25) is 0 Å². The largest absolute Gasteiger partial charge is 0.477 e. The minimum Gasteiger partial charge on any atom is -0.477 e. The number of nitrogens with zero attached hydrogens (tertiary/aromatic N) is 5. The Kier molecular flexibility index (Phi) is 6.68. The van der Waals surface area contributed by atoms with Gasteiger partial charge in [0.2, 0.25) is 5.88 Å². The third kappa shape index (κ3) is 4.27. The highest BCUT2D eigenvalue weighted by atomic mass is 16.5. The molecule has 150 valence electrons. The predicted octanol–water partition coefficient (Wildman–Crippen LogP) is 4.69. The summed E-state index contributed by atoms with van der Waals surface area (Å²) < 4.78 is 5.74. The lowest BCUT2D eigenvalue weighted by Crippen LogP contribution is -2.34. The summed E-state index contributed by atoms with van der Waals surface area (Å²) in [7, 11) is 0. The van der Waals surface area contributed by atoms with Crippen LogP contribution in [-0.2, 0) is 0 Å². The first-order valence-electron chi connectivity index (χ1n) is 10.1. The standard InChI is InChI=1S/C24H23N5O/c1-3-30-24-21(16-27)22(19-7-5-4-6-8-19)20(13-18(14-25)15-26)23(28-24)29-11-9-17(2)10-12-29/h4-8,13,17H,3,9-12H2,1-2H3. The molecule has 0 aliphatic carbocycles. The van der Waals surface area contributed by atoms with Crippen molar-refractivity contribution in [1.29, 1.82) is 15.8 Å². The van der Waals surface area contributed by atoms with Crippen LogP contribution in [0.4, 0.5) is 5.82 Å². The minimum absolute atomic E-state index is 0.0336. The van der Waals surface area contributed by atoms with Crippen LogP contribution < -0.4 is 9.64 Å². The predicted molar refractivity (Wildman–Crippen MR) is 115 cm³/mol. The Morgan fingerprint density at radius 1 is 1.17 bits per heavy atom. The second-order valence-corrected chi connectivity index (χ2v) is 7.27. The molecule has 0 unspecified atom stereocenters. The summed E-state index contributed by atoms with van der Waals surface area (Å²) >= 11 is 0. The lowest BCUT2D eigenvalue weighted by atomic mass is 9.93. The molecule has 0 atom stereocenters. The summed E-state index contributed by atoms with van der Waals surface area (Å²) in [6.45, 7) is 6.09. The molecule has 0 saturated carbocycles. The summed E-state index contributed by atoms with van der Waals surface area (Å²) in [6, 6.07) is 15.6. The first-order valence-corrected chi connectivity index (χ1v) is 10.1. The van der Waals surface area contributed by atoms with Crippen molar-refractivity contribution >= 4 is 11.9 Å². The van der Waals surface area contributed by atoms with Gasteiger partial charge in [-0.3, -0.25) is 0 Å². The fourth-order valence-electron chi connectivity index (χ4n) is 3.65. The van der Waals surface area contributed by atoms with Gasteiger partial charge in [-0.25, -0.2) is 0 Å². The fraction of sp³-hybridized carbons (Fsp3) is 0.333. The molecule has 2 heterocycles. The molecule has 1 saturated heterocycles. The van der Waals surface area contributed by atoms with Gasteiger partial charge in [-0.2, -0.15) is 20.8 Å². The lowest BCUT2D eigenvalue weighted by Gasteiger charge is -2.33. The van der Waals surface area contributed by atoms with Crippen LogP contribution in [0, 0.1) is 39.9 Å². The number of hydrogen-bond donors (Lipinski definition) is 0. The first kappa shape index (κ1) is 20.9. The Morgan fingerprint density at radius 2 is 1.83 bits per heavy atom. The highest BCUT2D eigenvalue weighted by Crippen LogP contribution is 2.40. The van der Waals surface area contributed by atoms with E-state index in [2.05, 4.69) is 17.9 Å². The number of ether oxygens (including phenoxy) is 1. The van der Waals surface area contributed by atoms with Crippen molar-refractivity contribution in [2.75, 3.05) is 24.6 Å². The van der Waals surface area contributed by atoms with Gasteiger partial charge < -0.3 is 9.64 Å². The van der Waals surface area contributed by atoms with E-state index in [1.165, 1.54) is 0 Å². The molecule has 6 heteroatoms. The normalized spacial score (nSPS) is 13.6. The molecule has 0 amide bonds. The van der Waals surface area contributed by atoms with E-state index in [1.807, 2.05) is 49.4 Å². The van der Waals surface area contributed by atoms with Gasteiger partial charge in [-0.1, -0.05) is 37.3 Å². The zero-order valence-electron chi connectivity index (χ0n) is 17.2. The summed E-state index contributed by atoms with van der Waals surface area (Å²) in [6.07, 6.45) is 3.59. The number of benzene rings is 1. The molecule has 1 aliphatic heterocycles. The van der Waals surface area contributed by atoms with Crippen LogP contribution in [0.5, 0.6) is 5.88 Å². The van der Waals surface area contributed by atoms with Gasteiger partial charge in [0.25, 0.3) is 0 Å². The van der Waals surface area contributed by atoms with Gasteiger partial charge >= 0.3 is 0 Å². The summed E-state index contributed by atoms with van der Waals surface area (Å²) in [5.41, 5.74) is 2.32. The number of piperidine rings is 1. The molecule has 1 aliphatic rings. The topological polar surface area (TPSA) is 96.7 Å². The van der Waals surface area contributed by atoms with Crippen molar-refractivity contribution in [1.82, 2.24) is 4.98 Å². The van der Waals surface area contributed by atoms with Crippen molar-refractivity contribution in [3.05, 3.63) is 47.0 Å². The molecule has 1 aromatic carbocycles. The molecular weight excluding hydrogens is 374 g/mol. The summed E-state index contributed by atoms with van der Waals surface area (Å²) in [5.74, 6) is 1.55. The second-order valence-electron chi connectivity index (χ2n) is 7.27. The fourth-order valence-corrected chi connectivity index (χ4v) is 3.65. The number of rotatable bonds is 5. The number of allylic oxidation sites excluding steroid dienone is 1. The highest BCUT2D eigenvalue weighted by Gasteiger charge is 2.26. The third-order valence-corrected chi connectivity index (χ3v) is 5.25. The van der Waals surface area contributed by atoms with Crippen molar-refractivity contribution in [2.24, 2.45) is 5.92 Å². The maximum Gasteiger partial charge on any atom is 0.234 e. The Balaban J connectivity index is 2.37. The van der Waals surface area contributed by atoms with Gasteiger partial charge in [0.05, 0.1) is 6.61 Å². The Hall–Kier alpha value is -3.82. The molecule has 30 heavy (non-hydrogen) atoms. The van der Waals surface area contributed by atoms with Gasteiger partial charge in [0.15, 0.2) is 0 Å². The second kappa shape index (κ2) is 9.59. The Bertz CT molecular complexity index is 1050. The maximum atomic E-state index is 9.96. The van der Waals surface area contributed by atoms with E-state index in [0.29, 0.717) is 35.0 Å². The average molecular weight is 397 g/mol. The van der Waals surface area contributed by atoms with Gasteiger partial charge in [-0.15, -0.1) is 0 Å². The van der Waals surface area contributed by atoms with Crippen LogP contribution in [0.3, 0.4) is 0 Å². The van der Waals surface area contributed by atoms with Crippen LogP contribution in [0.15, 0.2) is 35.9 Å². The van der Waals surface area contributed by atoms with Gasteiger partial charge in [-0.05, 0) is 37.3 Å². The maximum absolute atomic E-state index is 9.96. The van der Waals surface area contributed by atoms with Crippen LogP contribution in [-0.4, -0.2) is 24.7 Å². The SMILES string of the molecule is CCOc1nc(N2CCC(C)CC2)c(C=C(C#N)C#N)c(-c2ccccc2)c1C#N. The number of nitriles is 3. The molecule has 2 aromatic rings. The van der Waals surface area contributed by atoms with E-state index in [0.717, 1.165) is 31.5 Å². The first-order chi connectivity index (χ1) is 14.6. The number of anilines is 1. The third-order valence-electron chi connectivity index (χ3n) is 5.25. The zero-order chi connectivity index (χ0) is 21.5. The Morgan fingerprint density at radius 3 is 2.40 bits per heavy atom. The summed E-state index contributed by atoms with van der Waals surface area (Å²) in [5, 5.41) is 28.7. The van der Waals surface area contributed by atoms with Crippen LogP contribution in [0.1, 0.15) is 37.8 Å². The van der Waals surface area contributed by atoms with E-state index in [1.54, 1.807) is 6.08 Å². The number of pyridine rings is 1. The van der Waals surface area contributed by atoms with E-state index < -0.39 is 0 Å². The molecule has 0 bridgehead atoms. The van der Waals surface area contributed by atoms with E-state index in [-0.39, 0.29) is 11.5 Å². The zero-order valence-corrected chi connectivity index (χ0v) is 17.2. The number of aromatic nitrogens is 1. The molecular formula is C24H23N5O. The van der Waals surface area contributed by atoms with Crippen LogP contribution >= 0.6 is 0 Å². The molecule has 6 nitrogen and oxygen atoms in total. The lowest BCUT2D eigenvalue weighted by molar-refractivity contribution is 0.325. The molecule has 3 rings (SSSR count). The minimum atomic E-state index is -0.0336. The van der Waals surface area contributed by atoms with Crippen LogP contribution in [0.25, 0.3) is 17.2 Å². The van der Waals surface area contributed by atoms with Gasteiger partial charge in [0, 0.05) is 24.2 Å². The molecule has 0 radical (unpaired) electrons. The monoisotopic (exact) mass is 397 g/mol. The average Bonchev–Trinajstić information content (AvgIpc) is 2.78. The van der Waals surface area contributed by atoms with Crippen molar-refractivity contribution in [2.45, 2.75) is 26.7 Å². The smallest absolute Gasteiger partial charge is 0.234 e. The summed E-state index contributed by atoms with van der Waals surface area (Å²) in [4.78, 5) is 6.87.